The monoisotopic (exact) mass is 405 g/mol. The van der Waals surface area contributed by atoms with Gasteiger partial charge in [-0.15, -0.1) is 0 Å². The highest BCUT2D eigenvalue weighted by atomic mass is 16.2. The maximum atomic E-state index is 13.5. The number of nitrogens with zero attached hydrogens (tertiary/aromatic N) is 5. The zero-order valence-electron chi connectivity index (χ0n) is 17.9. The summed E-state index contributed by atoms with van der Waals surface area (Å²) in [4.78, 5) is 34.3. The molecule has 30 heavy (non-hydrogen) atoms. The fraction of sp³-hybridized carbons (Fsp3) is 0.391. The lowest BCUT2D eigenvalue weighted by molar-refractivity contribution is -0.135. The maximum Gasteiger partial charge on any atom is 0.254 e. The molecular formula is C23H27N5O2. The van der Waals surface area contributed by atoms with Crippen LogP contribution in [0.15, 0.2) is 36.4 Å². The summed E-state index contributed by atoms with van der Waals surface area (Å²) in [6, 6.07) is 11.7. The number of aryl methyl sites for hydroxylation is 2. The second-order valence-corrected chi connectivity index (χ2v) is 8.10. The summed E-state index contributed by atoms with van der Waals surface area (Å²) in [5, 5.41) is 5.29. The summed E-state index contributed by atoms with van der Waals surface area (Å²) >= 11 is 0. The minimum atomic E-state index is -0.0349. The van der Waals surface area contributed by atoms with Crippen LogP contribution in [0.2, 0.25) is 0 Å². The number of pyridine rings is 1. The summed E-state index contributed by atoms with van der Waals surface area (Å²) in [6.45, 7) is 7.90. The van der Waals surface area contributed by atoms with Gasteiger partial charge in [-0.2, -0.15) is 5.10 Å². The van der Waals surface area contributed by atoms with Crippen LogP contribution >= 0.6 is 0 Å². The molecule has 1 aliphatic heterocycles. The first kappa shape index (κ1) is 20.1. The quantitative estimate of drug-likeness (QED) is 0.672. The second kappa shape index (κ2) is 7.89. The Bertz CT molecular complexity index is 1100. The molecule has 7 heteroatoms. The molecule has 0 aliphatic carbocycles. The van der Waals surface area contributed by atoms with E-state index in [-0.39, 0.29) is 17.7 Å². The summed E-state index contributed by atoms with van der Waals surface area (Å²) in [7, 11) is 1.85. The van der Waals surface area contributed by atoms with Crippen molar-refractivity contribution in [1.82, 2.24) is 24.6 Å². The van der Waals surface area contributed by atoms with E-state index < -0.39 is 0 Å². The molecule has 0 atom stereocenters. The first-order valence-corrected chi connectivity index (χ1v) is 10.3. The largest absolute Gasteiger partial charge is 0.339 e. The first-order valence-electron chi connectivity index (χ1n) is 10.3. The molecule has 0 unspecified atom stereocenters. The van der Waals surface area contributed by atoms with Crippen LogP contribution in [0.5, 0.6) is 0 Å². The van der Waals surface area contributed by atoms with E-state index in [1.165, 1.54) is 0 Å². The van der Waals surface area contributed by atoms with Crippen LogP contribution in [-0.4, -0.2) is 62.6 Å². The van der Waals surface area contributed by atoms with Crippen molar-refractivity contribution in [3.05, 3.63) is 47.7 Å². The molecule has 1 fully saturated rings. The minimum Gasteiger partial charge on any atom is -0.339 e. The molecule has 1 saturated heterocycles. The van der Waals surface area contributed by atoms with Gasteiger partial charge in [0.2, 0.25) is 5.91 Å². The molecule has 0 N–H and O–H groups in total. The van der Waals surface area contributed by atoms with Crippen molar-refractivity contribution < 1.29 is 9.59 Å². The summed E-state index contributed by atoms with van der Waals surface area (Å²) in [5.41, 5.74) is 3.82. The van der Waals surface area contributed by atoms with Crippen LogP contribution in [0.3, 0.4) is 0 Å². The fourth-order valence-electron chi connectivity index (χ4n) is 4.04. The van der Waals surface area contributed by atoms with Gasteiger partial charge in [-0.3, -0.25) is 14.3 Å². The van der Waals surface area contributed by atoms with Crippen LogP contribution in [-0.2, 0) is 11.8 Å². The molecule has 2 amide bonds. The normalized spacial score (nSPS) is 14.6. The Morgan fingerprint density at radius 2 is 1.63 bits per heavy atom. The van der Waals surface area contributed by atoms with Gasteiger partial charge in [0.15, 0.2) is 5.65 Å². The van der Waals surface area contributed by atoms with Gasteiger partial charge in [-0.1, -0.05) is 44.2 Å². The Morgan fingerprint density at radius 3 is 2.27 bits per heavy atom. The highest BCUT2D eigenvalue weighted by molar-refractivity contribution is 6.07. The summed E-state index contributed by atoms with van der Waals surface area (Å²) in [6.07, 6.45) is 0. The fourth-order valence-corrected chi connectivity index (χ4v) is 4.04. The highest BCUT2D eigenvalue weighted by Gasteiger charge is 2.28. The lowest BCUT2D eigenvalue weighted by Gasteiger charge is -2.35. The van der Waals surface area contributed by atoms with E-state index in [1.807, 2.05) is 74.0 Å². The predicted molar refractivity (Wildman–Crippen MR) is 116 cm³/mol. The third kappa shape index (κ3) is 3.56. The molecule has 1 aromatic carbocycles. The van der Waals surface area contributed by atoms with E-state index in [4.69, 9.17) is 4.98 Å². The van der Waals surface area contributed by atoms with E-state index in [0.29, 0.717) is 37.4 Å². The third-order valence-corrected chi connectivity index (χ3v) is 5.64. The van der Waals surface area contributed by atoms with E-state index in [0.717, 1.165) is 22.3 Å². The smallest absolute Gasteiger partial charge is 0.254 e. The van der Waals surface area contributed by atoms with Crippen LogP contribution in [0.1, 0.15) is 29.9 Å². The van der Waals surface area contributed by atoms with E-state index >= 15 is 0 Å². The molecule has 156 valence electrons. The number of carbonyl (C=O) groups excluding carboxylic acids is 2. The molecule has 3 heterocycles. The van der Waals surface area contributed by atoms with Gasteiger partial charge in [-0.05, 0) is 13.0 Å². The van der Waals surface area contributed by atoms with Crippen molar-refractivity contribution >= 4 is 22.8 Å². The molecule has 1 aliphatic rings. The molecular weight excluding hydrogens is 378 g/mol. The van der Waals surface area contributed by atoms with Gasteiger partial charge >= 0.3 is 0 Å². The number of aromatic nitrogens is 3. The minimum absolute atomic E-state index is 0.0291. The average Bonchev–Trinajstić information content (AvgIpc) is 3.06. The summed E-state index contributed by atoms with van der Waals surface area (Å²) < 4.78 is 1.73. The Hall–Kier alpha value is -3.22. The van der Waals surface area contributed by atoms with Crippen LogP contribution < -0.4 is 0 Å². The van der Waals surface area contributed by atoms with Crippen molar-refractivity contribution in [3.8, 4) is 11.3 Å². The third-order valence-electron chi connectivity index (χ3n) is 5.64. The molecule has 0 spiro atoms. The number of fused-ring (bicyclic) bond motifs is 1. The zero-order chi connectivity index (χ0) is 21.4. The van der Waals surface area contributed by atoms with Crippen molar-refractivity contribution in [2.24, 2.45) is 13.0 Å². The number of amides is 2. The van der Waals surface area contributed by atoms with Crippen molar-refractivity contribution in [3.63, 3.8) is 0 Å². The lowest BCUT2D eigenvalue weighted by atomic mass is 10.0. The Kier molecular flexibility index (Phi) is 5.28. The van der Waals surface area contributed by atoms with Gasteiger partial charge in [0, 0.05) is 44.7 Å². The highest BCUT2D eigenvalue weighted by Crippen LogP contribution is 2.28. The van der Waals surface area contributed by atoms with Crippen molar-refractivity contribution in [2.75, 3.05) is 26.2 Å². The number of hydrogen-bond donors (Lipinski definition) is 0. The Labute approximate surface area is 176 Å². The van der Waals surface area contributed by atoms with Crippen molar-refractivity contribution in [2.45, 2.75) is 20.8 Å². The van der Waals surface area contributed by atoms with E-state index in [1.54, 1.807) is 4.68 Å². The predicted octanol–water partition coefficient (Wildman–Crippen LogP) is 2.88. The molecule has 2 aromatic heterocycles. The van der Waals surface area contributed by atoms with Gasteiger partial charge in [-0.25, -0.2) is 4.98 Å². The molecule has 3 aromatic rings. The Balaban J connectivity index is 1.70. The molecule has 0 bridgehead atoms. The summed E-state index contributed by atoms with van der Waals surface area (Å²) in [5.74, 6) is 0.0775. The topological polar surface area (TPSA) is 71.3 Å². The lowest BCUT2D eigenvalue weighted by Crippen LogP contribution is -2.51. The SMILES string of the molecule is Cc1nn(C)c2nc(-c3ccccc3)cc(C(=O)N3CCN(C(=O)C(C)C)CC3)c12. The second-order valence-electron chi connectivity index (χ2n) is 8.10. The van der Waals surface area contributed by atoms with E-state index in [9.17, 15) is 9.59 Å². The van der Waals surface area contributed by atoms with Gasteiger partial charge in [0.25, 0.3) is 5.91 Å². The molecule has 0 radical (unpaired) electrons. The molecule has 4 rings (SSSR count). The van der Waals surface area contributed by atoms with Gasteiger partial charge in [0.1, 0.15) is 0 Å². The maximum absolute atomic E-state index is 13.5. The van der Waals surface area contributed by atoms with E-state index in [2.05, 4.69) is 5.10 Å². The van der Waals surface area contributed by atoms with Crippen LogP contribution in [0, 0.1) is 12.8 Å². The van der Waals surface area contributed by atoms with Crippen LogP contribution in [0.25, 0.3) is 22.3 Å². The Morgan fingerprint density at radius 1 is 1.00 bits per heavy atom. The van der Waals surface area contributed by atoms with Gasteiger partial charge < -0.3 is 9.80 Å². The first-order chi connectivity index (χ1) is 14.4. The van der Waals surface area contributed by atoms with Crippen LogP contribution in [0.4, 0.5) is 0 Å². The van der Waals surface area contributed by atoms with Gasteiger partial charge in [0.05, 0.1) is 22.3 Å². The van der Waals surface area contributed by atoms with Crippen molar-refractivity contribution in [1.29, 1.82) is 0 Å². The molecule has 7 nitrogen and oxygen atoms in total. The number of carbonyl (C=O) groups is 2. The number of piperazine rings is 1. The zero-order valence-corrected chi connectivity index (χ0v) is 17.9. The number of benzene rings is 1. The standard InChI is InChI=1S/C23H27N5O2/c1-15(2)22(29)27-10-12-28(13-11-27)23(30)18-14-19(17-8-6-5-7-9-17)24-21-20(18)16(3)25-26(21)4/h5-9,14-15H,10-13H2,1-4H3. The average molecular weight is 406 g/mol. The molecule has 0 saturated carbocycles. The number of hydrogen-bond acceptors (Lipinski definition) is 4. The number of rotatable bonds is 3.